The van der Waals surface area contributed by atoms with Crippen molar-refractivity contribution in [3.05, 3.63) is 107 Å². The average Bonchev–Trinajstić information content (AvgIpc) is 3.31. The van der Waals surface area contributed by atoms with Crippen molar-refractivity contribution in [1.82, 2.24) is 15.5 Å². The van der Waals surface area contributed by atoms with Crippen LogP contribution in [0, 0.1) is 6.92 Å². The molecule has 8 heteroatoms. The van der Waals surface area contributed by atoms with Gasteiger partial charge in [-0.2, -0.15) is 13.2 Å². The molecule has 0 aliphatic rings. The lowest BCUT2D eigenvalue weighted by atomic mass is 9.97. The standard InChI is InChI=1S/C26H22F3N3O2/c1-17-10-12-19(13-11-17)24(18-6-3-2-4-7-18)30-22(33)14-15-23-31-32-25(34-23)20-8-5-9-21(16-20)26(27,28)29/h2-13,16,24H,14-15H2,1H3,(H,30,33). The molecule has 5 nitrogen and oxygen atoms in total. The highest BCUT2D eigenvalue weighted by Gasteiger charge is 2.31. The molecular weight excluding hydrogens is 443 g/mol. The Morgan fingerprint density at radius 3 is 2.35 bits per heavy atom. The molecule has 0 saturated heterocycles. The molecule has 0 aliphatic heterocycles. The molecule has 0 aliphatic carbocycles. The van der Waals surface area contributed by atoms with Gasteiger partial charge in [-0.05, 0) is 36.2 Å². The summed E-state index contributed by atoms with van der Waals surface area (Å²) in [4.78, 5) is 12.7. The highest BCUT2D eigenvalue weighted by molar-refractivity contribution is 5.77. The molecule has 4 rings (SSSR count). The number of aromatic nitrogens is 2. The van der Waals surface area contributed by atoms with Crippen LogP contribution in [0.15, 0.2) is 83.3 Å². The van der Waals surface area contributed by atoms with E-state index in [1.54, 1.807) is 0 Å². The molecular formula is C26H22F3N3O2. The van der Waals surface area contributed by atoms with E-state index >= 15 is 0 Å². The lowest BCUT2D eigenvalue weighted by Gasteiger charge is -2.20. The van der Waals surface area contributed by atoms with E-state index in [2.05, 4.69) is 15.5 Å². The van der Waals surface area contributed by atoms with Crippen molar-refractivity contribution in [3.8, 4) is 11.5 Å². The minimum absolute atomic E-state index is 0.0247. The van der Waals surface area contributed by atoms with Gasteiger partial charge in [0.15, 0.2) is 0 Å². The van der Waals surface area contributed by atoms with Gasteiger partial charge in [0.1, 0.15) is 0 Å². The monoisotopic (exact) mass is 465 g/mol. The van der Waals surface area contributed by atoms with Gasteiger partial charge in [0.25, 0.3) is 0 Å². The summed E-state index contributed by atoms with van der Waals surface area (Å²) >= 11 is 0. The van der Waals surface area contributed by atoms with Crippen molar-refractivity contribution in [3.63, 3.8) is 0 Å². The molecule has 174 valence electrons. The van der Waals surface area contributed by atoms with E-state index in [9.17, 15) is 18.0 Å². The van der Waals surface area contributed by atoms with Crippen molar-refractivity contribution >= 4 is 5.91 Å². The van der Waals surface area contributed by atoms with E-state index in [4.69, 9.17) is 4.42 Å². The second-order valence-corrected chi connectivity index (χ2v) is 7.90. The van der Waals surface area contributed by atoms with Crippen LogP contribution >= 0.6 is 0 Å². The zero-order valence-electron chi connectivity index (χ0n) is 18.3. The highest BCUT2D eigenvalue weighted by atomic mass is 19.4. The molecule has 1 amide bonds. The topological polar surface area (TPSA) is 68.0 Å². The molecule has 1 unspecified atom stereocenters. The molecule has 0 bridgehead atoms. The summed E-state index contributed by atoms with van der Waals surface area (Å²) in [5, 5.41) is 10.8. The fourth-order valence-electron chi connectivity index (χ4n) is 3.52. The number of aryl methyl sites for hydroxylation is 2. The number of hydrogen-bond acceptors (Lipinski definition) is 4. The van der Waals surface area contributed by atoms with Crippen LogP contribution in [-0.4, -0.2) is 16.1 Å². The van der Waals surface area contributed by atoms with E-state index in [1.807, 2.05) is 61.5 Å². The van der Waals surface area contributed by atoms with Crippen LogP contribution in [0.1, 0.15) is 40.6 Å². The van der Waals surface area contributed by atoms with Crippen molar-refractivity contribution in [2.45, 2.75) is 32.0 Å². The SMILES string of the molecule is Cc1ccc(C(NC(=O)CCc2nnc(-c3cccc(C(F)(F)F)c3)o2)c2ccccc2)cc1. The van der Waals surface area contributed by atoms with E-state index in [-0.39, 0.29) is 42.1 Å². The molecule has 0 saturated carbocycles. The van der Waals surface area contributed by atoms with Gasteiger partial charge >= 0.3 is 6.18 Å². The number of alkyl halides is 3. The second-order valence-electron chi connectivity index (χ2n) is 7.90. The van der Waals surface area contributed by atoms with Gasteiger partial charge in [-0.3, -0.25) is 4.79 Å². The van der Waals surface area contributed by atoms with Crippen LogP contribution in [0.5, 0.6) is 0 Å². The lowest BCUT2D eigenvalue weighted by Crippen LogP contribution is -2.29. The molecule has 34 heavy (non-hydrogen) atoms. The number of nitrogens with zero attached hydrogens (tertiary/aromatic N) is 2. The smallest absolute Gasteiger partial charge is 0.416 e. The molecule has 4 aromatic rings. The first-order valence-corrected chi connectivity index (χ1v) is 10.7. The van der Waals surface area contributed by atoms with Gasteiger partial charge in [0, 0.05) is 18.4 Å². The molecule has 1 aromatic heterocycles. The maximum atomic E-state index is 13.0. The molecule has 0 radical (unpaired) electrons. The van der Waals surface area contributed by atoms with Crippen LogP contribution in [0.2, 0.25) is 0 Å². The van der Waals surface area contributed by atoms with Crippen LogP contribution in [0.4, 0.5) is 13.2 Å². The number of nitrogens with one attached hydrogen (secondary N) is 1. The molecule has 3 aromatic carbocycles. The van der Waals surface area contributed by atoms with Crippen molar-refractivity contribution < 1.29 is 22.4 Å². The summed E-state index contributed by atoms with van der Waals surface area (Å²) in [7, 11) is 0. The Balaban J connectivity index is 1.43. The van der Waals surface area contributed by atoms with Gasteiger partial charge in [0.05, 0.1) is 11.6 Å². The third-order valence-corrected chi connectivity index (χ3v) is 5.32. The molecule has 1 atom stereocenters. The Morgan fingerprint density at radius 1 is 0.941 bits per heavy atom. The fourth-order valence-corrected chi connectivity index (χ4v) is 3.52. The quantitative estimate of drug-likeness (QED) is 0.369. The first-order chi connectivity index (χ1) is 16.3. The summed E-state index contributed by atoms with van der Waals surface area (Å²) in [6.45, 7) is 2.00. The minimum Gasteiger partial charge on any atom is -0.421 e. The summed E-state index contributed by atoms with van der Waals surface area (Å²) in [5.41, 5.74) is 2.39. The number of carbonyl (C=O) groups is 1. The van der Waals surface area contributed by atoms with E-state index in [1.165, 1.54) is 12.1 Å². The normalized spacial score (nSPS) is 12.4. The maximum Gasteiger partial charge on any atom is 0.416 e. The second kappa shape index (κ2) is 9.91. The van der Waals surface area contributed by atoms with Gasteiger partial charge in [0.2, 0.25) is 17.7 Å². The predicted octanol–water partition coefficient (Wildman–Crippen LogP) is 5.90. The Hall–Kier alpha value is -3.94. The van der Waals surface area contributed by atoms with Crippen LogP contribution in [-0.2, 0) is 17.4 Å². The number of amides is 1. The van der Waals surface area contributed by atoms with E-state index < -0.39 is 11.7 Å². The number of halogens is 3. The molecule has 1 heterocycles. The first-order valence-electron chi connectivity index (χ1n) is 10.7. The Labute approximate surface area is 194 Å². The summed E-state index contributed by atoms with van der Waals surface area (Å²) < 4.78 is 44.4. The number of carbonyl (C=O) groups excluding carboxylic acids is 1. The third-order valence-electron chi connectivity index (χ3n) is 5.32. The number of hydrogen-bond donors (Lipinski definition) is 1. The first kappa shape index (κ1) is 23.2. The molecule has 1 N–H and O–H groups in total. The van der Waals surface area contributed by atoms with Crippen molar-refractivity contribution in [2.75, 3.05) is 0 Å². The predicted molar refractivity (Wildman–Crippen MR) is 121 cm³/mol. The lowest BCUT2D eigenvalue weighted by molar-refractivity contribution is -0.137. The van der Waals surface area contributed by atoms with E-state index in [0.29, 0.717) is 0 Å². The Bertz CT molecular complexity index is 1250. The zero-order chi connectivity index (χ0) is 24.1. The average molecular weight is 465 g/mol. The summed E-state index contributed by atoms with van der Waals surface area (Å²) in [5.74, 6) is -0.0641. The van der Waals surface area contributed by atoms with Gasteiger partial charge in [-0.15, -0.1) is 10.2 Å². The number of rotatable bonds is 7. The van der Waals surface area contributed by atoms with Crippen LogP contribution in [0.3, 0.4) is 0 Å². The fraction of sp³-hybridized carbons (Fsp3) is 0.192. The highest BCUT2D eigenvalue weighted by Crippen LogP contribution is 2.32. The van der Waals surface area contributed by atoms with Crippen molar-refractivity contribution in [2.24, 2.45) is 0 Å². The summed E-state index contributed by atoms with van der Waals surface area (Å²) in [6.07, 6.45) is -4.23. The zero-order valence-corrected chi connectivity index (χ0v) is 18.3. The third kappa shape index (κ3) is 5.70. The summed E-state index contributed by atoms with van der Waals surface area (Å²) in [6, 6.07) is 21.9. The molecule has 0 spiro atoms. The Morgan fingerprint density at radius 2 is 1.65 bits per heavy atom. The maximum absolute atomic E-state index is 13.0. The van der Waals surface area contributed by atoms with Crippen molar-refractivity contribution in [1.29, 1.82) is 0 Å². The van der Waals surface area contributed by atoms with E-state index in [0.717, 1.165) is 28.8 Å². The number of benzene rings is 3. The molecule has 0 fully saturated rings. The minimum atomic E-state index is -4.47. The largest absolute Gasteiger partial charge is 0.421 e. The van der Waals surface area contributed by atoms with Crippen LogP contribution < -0.4 is 5.32 Å². The van der Waals surface area contributed by atoms with Gasteiger partial charge < -0.3 is 9.73 Å². The van der Waals surface area contributed by atoms with Gasteiger partial charge in [-0.25, -0.2) is 0 Å². The van der Waals surface area contributed by atoms with Gasteiger partial charge in [-0.1, -0.05) is 66.2 Å². The van der Waals surface area contributed by atoms with Crippen LogP contribution in [0.25, 0.3) is 11.5 Å². The Kier molecular flexibility index (Phi) is 6.77.